The third-order valence-electron chi connectivity index (χ3n) is 3.71. The second-order valence-electron chi connectivity index (χ2n) is 5.08. The number of rotatable bonds is 4. The van der Waals surface area contributed by atoms with E-state index in [-0.39, 0.29) is 18.6 Å². The van der Waals surface area contributed by atoms with Crippen LogP contribution < -0.4 is 0 Å². The maximum atomic E-state index is 12.2. The van der Waals surface area contributed by atoms with Crippen LogP contribution in [0.4, 0.5) is 4.79 Å². The average Bonchev–Trinajstić information content (AvgIpc) is 2.98. The van der Waals surface area contributed by atoms with E-state index in [2.05, 4.69) is 0 Å². The zero-order valence-electron chi connectivity index (χ0n) is 10.3. The molecule has 1 N–H and O–H groups in total. The van der Waals surface area contributed by atoms with Crippen LogP contribution in [-0.4, -0.2) is 52.6 Å². The molecule has 0 aromatic rings. The molecule has 0 aliphatic heterocycles. The first-order valence-corrected chi connectivity index (χ1v) is 6.35. The summed E-state index contributed by atoms with van der Waals surface area (Å²) in [5, 5.41) is 8.84. The van der Waals surface area contributed by atoms with Crippen LogP contribution in [0.1, 0.15) is 38.5 Å². The number of aliphatic carboxylic acids is 1. The lowest BCUT2D eigenvalue weighted by Crippen LogP contribution is -2.48. The van der Waals surface area contributed by atoms with E-state index in [1.807, 2.05) is 0 Å². The van der Waals surface area contributed by atoms with Crippen molar-refractivity contribution in [1.82, 2.24) is 9.80 Å². The van der Waals surface area contributed by atoms with E-state index in [4.69, 9.17) is 5.11 Å². The van der Waals surface area contributed by atoms with Gasteiger partial charge < -0.3 is 14.9 Å². The lowest BCUT2D eigenvalue weighted by molar-refractivity contribution is -0.137. The fourth-order valence-electron chi connectivity index (χ4n) is 2.54. The van der Waals surface area contributed by atoms with Gasteiger partial charge in [-0.05, 0) is 25.7 Å². The molecule has 0 heterocycles. The fraction of sp³-hybridized carbons (Fsp3) is 0.833. The number of urea groups is 1. The normalized spacial score (nSPS) is 20.3. The molecule has 0 unspecified atom stereocenters. The molecule has 0 spiro atoms. The van der Waals surface area contributed by atoms with E-state index in [1.165, 1.54) is 17.7 Å². The highest BCUT2D eigenvalue weighted by atomic mass is 16.4. The van der Waals surface area contributed by atoms with E-state index in [0.717, 1.165) is 25.7 Å². The summed E-state index contributed by atoms with van der Waals surface area (Å²) >= 11 is 0. The second kappa shape index (κ2) is 4.94. The molecule has 0 aromatic heterocycles. The van der Waals surface area contributed by atoms with Crippen molar-refractivity contribution in [2.75, 3.05) is 13.6 Å². The molecule has 0 aromatic carbocycles. The molecule has 2 amide bonds. The van der Waals surface area contributed by atoms with Gasteiger partial charge in [-0.2, -0.15) is 0 Å². The van der Waals surface area contributed by atoms with E-state index in [9.17, 15) is 9.59 Å². The molecule has 2 aliphatic rings. The van der Waals surface area contributed by atoms with Crippen LogP contribution in [0.2, 0.25) is 0 Å². The number of carbonyl (C=O) groups is 2. The highest BCUT2D eigenvalue weighted by Crippen LogP contribution is 2.29. The first-order chi connectivity index (χ1) is 8.09. The third-order valence-corrected chi connectivity index (χ3v) is 3.71. The molecule has 0 bridgehead atoms. The number of carboxylic acid groups (broad SMARTS) is 1. The molecule has 2 aliphatic carbocycles. The Morgan fingerprint density at radius 3 is 2.18 bits per heavy atom. The monoisotopic (exact) mass is 240 g/mol. The molecular weight excluding hydrogens is 220 g/mol. The van der Waals surface area contributed by atoms with Crippen LogP contribution in [0.25, 0.3) is 0 Å². The van der Waals surface area contributed by atoms with Crippen molar-refractivity contribution in [1.29, 1.82) is 0 Å². The zero-order valence-corrected chi connectivity index (χ0v) is 10.3. The molecule has 0 saturated heterocycles. The summed E-state index contributed by atoms with van der Waals surface area (Å²) in [7, 11) is 1.80. The third kappa shape index (κ3) is 2.90. The summed E-state index contributed by atoms with van der Waals surface area (Å²) < 4.78 is 0. The van der Waals surface area contributed by atoms with Crippen LogP contribution in [0.15, 0.2) is 0 Å². The molecule has 5 nitrogen and oxygen atoms in total. The first kappa shape index (κ1) is 12.2. The van der Waals surface area contributed by atoms with Crippen molar-refractivity contribution in [3.8, 4) is 0 Å². The summed E-state index contributed by atoms with van der Waals surface area (Å²) in [4.78, 5) is 26.3. The second-order valence-corrected chi connectivity index (χ2v) is 5.08. The van der Waals surface area contributed by atoms with Gasteiger partial charge in [0.2, 0.25) is 0 Å². The van der Waals surface area contributed by atoms with Crippen LogP contribution in [0.3, 0.4) is 0 Å². The van der Waals surface area contributed by atoms with Crippen molar-refractivity contribution in [3.05, 3.63) is 0 Å². The summed E-state index contributed by atoms with van der Waals surface area (Å²) in [6, 6.07) is 0.349. The summed E-state index contributed by atoms with van der Waals surface area (Å²) in [6.45, 7) is -0.166. The molecule has 2 fully saturated rings. The van der Waals surface area contributed by atoms with E-state index < -0.39 is 5.97 Å². The highest BCUT2D eigenvalue weighted by molar-refractivity contribution is 5.80. The van der Waals surface area contributed by atoms with E-state index in [1.54, 1.807) is 11.9 Å². The number of carbonyl (C=O) groups excluding carboxylic acids is 1. The number of nitrogens with zero attached hydrogens (tertiary/aromatic N) is 2. The van der Waals surface area contributed by atoms with Gasteiger partial charge in [0.25, 0.3) is 0 Å². The zero-order chi connectivity index (χ0) is 12.4. The minimum Gasteiger partial charge on any atom is -0.480 e. The van der Waals surface area contributed by atoms with Crippen molar-refractivity contribution in [3.63, 3.8) is 0 Å². The summed E-state index contributed by atoms with van der Waals surface area (Å²) in [5.74, 6) is -0.926. The number of carboxylic acids is 1. The smallest absolute Gasteiger partial charge is 0.323 e. The van der Waals surface area contributed by atoms with Gasteiger partial charge in [0, 0.05) is 19.1 Å². The van der Waals surface area contributed by atoms with Crippen molar-refractivity contribution in [2.24, 2.45) is 0 Å². The van der Waals surface area contributed by atoms with Gasteiger partial charge in [-0.25, -0.2) is 4.79 Å². The largest absolute Gasteiger partial charge is 0.480 e. The van der Waals surface area contributed by atoms with Gasteiger partial charge in [-0.1, -0.05) is 12.8 Å². The van der Waals surface area contributed by atoms with Gasteiger partial charge in [-0.3, -0.25) is 4.79 Å². The first-order valence-electron chi connectivity index (χ1n) is 6.35. The van der Waals surface area contributed by atoms with Gasteiger partial charge in [0.15, 0.2) is 0 Å². The van der Waals surface area contributed by atoms with Crippen LogP contribution in [0, 0.1) is 0 Å². The molecule has 17 heavy (non-hydrogen) atoms. The lowest BCUT2D eigenvalue weighted by Gasteiger charge is -2.31. The Kier molecular flexibility index (Phi) is 3.54. The Hall–Kier alpha value is -1.26. The Morgan fingerprint density at radius 2 is 1.71 bits per heavy atom. The van der Waals surface area contributed by atoms with Crippen molar-refractivity contribution >= 4 is 12.0 Å². The van der Waals surface area contributed by atoms with Gasteiger partial charge in [0.1, 0.15) is 6.54 Å². The Balaban J connectivity index is 1.96. The predicted molar refractivity (Wildman–Crippen MR) is 62.8 cm³/mol. The Morgan fingerprint density at radius 1 is 1.12 bits per heavy atom. The van der Waals surface area contributed by atoms with Crippen molar-refractivity contribution < 1.29 is 14.7 Å². The molecule has 0 radical (unpaired) electrons. The van der Waals surface area contributed by atoms with Gasteiger partial charge in [-0.15, -0.1) is 0 Å². The molecule has 2 saturated carbocycles. The van der Waals surface area contributed by atoms with Crippen LogP contribution in [0.5, 0.6) is 0 Å². The molecule has 2 rings (SSSR count). The maximum Gasteiger partial charge on any atom is 0.323 e. The van der Waals surface area contributed by atoms with Gasteiger partial charge >= 0.3 is 12.0 Å². The van der Waals surface area contributed by atoms with E-state index >= 15 is 0 Å². The molecule has 5 heteroatoms. The highest BCUT2D eigenvalue weighted by Gasteiger charge is 2.37. The summed E-state index contributed by atoms with van der Waals surface area (Å²) in [5.41, 5.74) is 0. The predicted octanol–water partition coefficient (Wildman–Crippen LogP) is 1.53. The molecule has 0 atom stereocenters. The number of amides is 2. The topological polar surface area (TPSA) is 60.9 Å². The van der Waals surface area contributed by atoms with Crippen LogP contribution in [-0.2, 0) is 4.79 Å². The number of hydrogen-bond donors (Lipinski definition) is 1. The minimum absolute atomic E-state index is 0.109. The summed E-state index contributed by atoms with van der Waals surface area (Å²) in [6.07, 6.45) is 6.33. The minimum atomic E-state index is -0.926. The maximum absolute atomic E-state index is 12.2. The Labute approximate surface area is 101 Å². The molecule has 96 valence electrons. The average molecular weight is 240 g/mol. The Bertz CT molecular complexity index is 309. The molecular formula is C12H20N2O3. The standard InChI is InChI=1S/C12H20N2O3/c1-13(9-4-2-3-5-9)12(17)14(8-11(15)16)10-6-7-10/h9-10H,2-8H2,1H3,(H,15,16). The van der Waals surface area contributed by atoms with Gasteiger partial charge in [0.05, 0.1) is 0 Å². The van der Waals surface area contributed by atoms with Crippen LogP contribution >= 0.6 is 0 Å². The number of hydrogen-bond acceptors (Lipinski definition) is 2. The lowest BCUT2D eigenvalue weighted by atomic mass is 10.2. The quantitative estimate of drug-likeness (QED) is 0.810. The fourth-order valence-corrected chi connectivity index (χ4v) is 2.54. The SMILES string of the molecule is CN(C(=O)N(CC(=O)O)C1CC1)C1CCCC1. The van der Waals surface area contributed by atoms with Crippen molar-refractivity contribution in [2.45, 2.75) is 50.6 Å². The van der Waals surface area contributed by atoms with E-state index in [0.29, 0.717) is 6.04 Å².